The maximum absolute atomic E-state index is 9.86. The Morgan fingerprint density at radius 1 is 1.17 bits per heavy atom. The number of hydrogen-bond acceptors (Lipinski definition) is 2. The summed E-state index contributed by atoms with van der Waals surface area (Å²) < 4.78 is 0. The first kappa shape index (κ1) is 10.9. The normalized spacial score (nSPS) is 9.92. The molecule has 0 fully saturated rings. The molecule has 0 bridgehead atoms. The number of aldehydes is 1. The molecule has 0 rings (SSSR count). The molecule has 12 heavy (non-hydrogen) atoms. The summed E-state index contributed by atoms with van der Waals surface area (Å²) >= 11 is 0. The van der Waals surface area contributed by atoms with Crippen LogP contribution in [0.1, 0.15) is 38.5 Å². The Balaban J connectivity index is 2.96. The maximum atomic E-state index is 9.86. The van der Waals surface area contributed by atoms with Gasteiger partial charge in [-0.2, -0.15) is 5.26 Å². The maximum Gasteiger partial charge on any atom is 0.142 e. The first-order valence-corrected chi connectivity index (χ1v) is 4.39. The van der Waals surface area contributed by atoms with Gasteiger partial charge in [-0.05, 0) is 25.3 Å². The SMILES string of the molecule is N#CCCCCCC/C=C/C=O. The highest BCUT2D eigenvalue weighted by Crippen LogP contribution is 2.04. The first-order chi connectivity index (χ1) is 5.91. The molecule has 0 saturated carbocycles. The lowest BCUT2D eigenvalue weighted by atomic mass is 10.1. The van der Waals surface area contributed by atoms with Crippen LogP contribution >= 0.6 is 0 Å². The zero-order valence-electron chi connectivity index (χ0n) is 7.33. The van der Waals surface area contributed by atoms with Crippen molar-refractivity contribution in [3.05, 3.63) is 12.2 Å². The summed E-state index contributed by atoms with van der Waals surface area (Å²) in [7, 11) is 0. The van der Waals surface area contributed by atoms with E-state index in [0.717, 1.165) is 38.4 Å². The van der Waals surface area contributed by atoms with Gasteiger partial charge in [0.1, 0.15) is 6.29 Å². The average Bonchev–Trinajstić information content (AvgIpc) is 2.10. The molecule has 0 N–H and O–H groups in total. The topological polar surface area (TPSA) is 40.9 Å². The predicted octanol–water partition coefficient (Wildman–Crippen LogP) is 2.61. The monoisotopic (exact) mass is 165 g/mol. The van der Waals surface area contributed by atoms with E-state index in [9.17, 15) is 4.79 Å². The molecular formula is C10H15NO. The molecule has 0 saturated heterocycles. The van der Waals surface area contributed by atoms with Crippen molar-refractivity contribution >= 4 is 6.29 Å². The number of nitrogens with zero attached hydrogens (tertiary/aromatic N) is 1. The van der Waals surface area contributed by atoms with Gasteiger partial charge < -0.3 is 0 Å². The molecule has 0 aromatic heterocycles. The zero-order valence-corrected chi connectivity index (χ0v) is 7.33. The fourth-order valence-electron chi connectivity index (χ4n) is 0.972. The largest absolute Gasteiger partial charge is 0.299 e. The van der Waals surface area contributed by atoms with Gasteiger partial charge in [0.2, 0.25) is 0 Å². The standard InChI is InChI=1S/C10H15NO/c11-9-7-5-3-1-2-4-6-8-10-12/h6,8,10H,1-5,7H2/b8-6+. The molecule has 0 amide bonds. The van der Waals surface area contributed by atoms with Crippen LogP contribution < -0.4 is 0 Å². The van der Waals surface area contributed by atoms with Gasteiger partial charge in [0.15, 0.2) is 0 Å². The van der Waals surface area contributed by atoms with E-state index in [2.05, 4.69) is 6.07 Å². The summed E-state index contributed by atoms with van der Waals surface area (Å²) in [5.41, 5.74) is 0. The lowest BCUT2D eigenvalue weighted by Crippen LogP contribution is -1.76. The van der Waals surface area contributed by atoms with E-state index in [-0.39, 0.29) is 0 Å². The van der Waals surface area contributed by atoms with E-state index in [0.29, 0.717) is 6.42 Å². The summed E-state index contributed by atoms with van der Waals surface area (Å²) in [6.45, 7) is 0. The molecule has 0 spiro atoms. The first-order valence-electron chi connectivity index (χ1n) is 4.39. The summed E-state index contributed by atoms with van der Waals surface area (Å²) in [6.07, 6.45) is 10.3. The van der Waals surface area contributed by atoms with Crippen LogP contribution in [-0.4, -0.2) is 6.29 Å². The molecule has 0 aliphatic rings. The van der Waals surface area contributed by atoms with E-state index in [1.165, 1.54) is 6.08 Å². The van der Waals surface area contributed by atoms with Crippen molar-refractivity contribution in [3.8, 4) is 6.07 Å². The van der Waals surface area contributed by atoms with Crippen molar-refractivity contribution in [2.24, 2.45) is 0 Å². The Bertz CT molecular complexity index is 167. The van der Waals surface area contributed by atoms with E-state index in [4.69, 9.17) is 5.26 Å². The van der Waals surface area contributed by atoms with Crippen molar-refractivity contribution in [1.82, 2.24) is 0 Å². The van der Waals surface area contributed by atoms with Gasteiger partial charge in [-0.1, -0.05) is 18.9 Å². The van der Waals surface area contributed by atoms with Gasteiger partial charge in [0, 0.05) is 6.42 Å². The summed E-state index contributed by atoms with van der Waals surface area (Å²) in [5, 5.41) is 8.24. The number of rotatable bonds is 7. The zero-order chi connectivity index (χ0) is 9.07. The van der Waals surface area contributed by atoms with Crippen molar-refractivity contribution in [1.29, 1.82) is 5.26 Å². The van der Waals surface area contributed by atoms with Crippen LogP contribution in [-0.2, 0) is 4.79 Å². The second-order valence-electron chi connectivity index (χ2n) is 2.68. The molecule has 0 atom stereocenters. The molecule has 0 radical (unpaired) electrons. The highest BCUT2D eigenvalue weighted by molar-refractivity contribution is 5.64. The molecule has 2 nitrogen and oxygen atoms in total. The molecule has 0 aliphatic heterocycles. The van der Waals surface area contributed by atoms with Gasteiger partial charge in [0.05, 0.1) is 6.07 Å². The van der Waals surface area contributed by atoms with Crippen molar-refractivity contribution in [3.63, 3.8) is 0 Å². The number of hydrogen-bond donors (Lipinski definition) is 0. The molecule has 66 valence electrons. The van der Waals surface area contributed by atoms with Crippen LogP contribution in [0.4, 0.5) is 0 Å². The summed E-state index contributed by atoms with van der Waals surface area (Å²) in [6, 6.07) is 2.12. The number of nitriles is 1. The third-order valence-corrected chi connectivity index (χ3v) is 1.62. The van der Waals surface area contributed by atoms with Crippen LogP contribution in [0, 0.1) is 11.3 Å². The Hall–Kier alpha value is -1.10. The van der Waals surface area contributed by atoms with Gasteiger partial charge in [-0.25, -0.2) is 0 Å². The molecule has 0 heterocycles. The third kappa shape index (κ3) is 8.90. The van der Waals surface area contributed by atoms with Gasteiger partial charge >= 0.3 is 0 Å². The number of allylic oxidation sites excluding steroid dienone is 2. The Morgan fingerprint density at radius 3 is 2.58 bits per heavy atom. The fourth-order valence-corrected chi connectivity index (χ4v) is 0.972. The van der Waals surface area contributed by atoms with Gasteiger partial charge in [0.25, 0.3) is 0 Å². The van der Waals surface area contributed by atoms with Crippen molar-refractivity contribution < 1.29 is 4.79 Å². The van der Waals surface area contributed by atoms with E-state index in [1.807, 2.05) is 6.08 Å². The van der Waals surface area contributed by atoms with Crippen LogP contribution in [0.15, 0.2) is 12.2 Å². The highest BCUT2D eigenvalue weighted by Gasteiger charge is 1.87. The average molecular weight is 165 g/mol. The third-order valence-electron chi connectivity index (χ3n) is 1.62. The predicted molar refractivity (Wildman–Crippen MR) is 48.5 cm³/mol. The molecule has 0 unspecified atom stereocenters. The van der Waals surface area contributed by atoms with E-state index in [1.54, 1.807) is 0 Å². The Labute approximate surface area is 73.9 Å². The fraction of sp³-hybridized carbons (Fsp3) is 0.600. The van der Waals surface area contributed by atoms with E-state index >= 15 is 0 Å². The van der Waals surface area contributed by atoms with Crippen molar-refractivity contribution in [2.45, 2.75) is 38.5 Å². The van der Waals surface area contributed by atoms with Crippen LogP contribution in [0.3, 0.4) is 0 Å². The van der Waals surface area contributed by atoms with Gasteiger partial charge in [-0.15, -0.1) is 0 Å². The molecular weight excluding hydrogens is 150 g/mol. The second kappa shape index (κ2) is 9.90. The molecule has 0 aromatic rings. The minimum absolute atomic E-state index is 0.671. The second-order valence-corrected chi connectivity index (χ2v) is 2.68. The van der Waals surface area contributed by atoms with Crippen molar-refractivity contribution in [2.75, 3.05) is 0 Å². The quantitative estimate of drug-likeness (QED) is 0.330. The molecule has 2 heteroatoms. The summed E-state index contributed by atoms with van der Waals surface area (Å²) in [4.78, 5) is 9.86. The summed E-state index contributed by atoms with van der Waals surface area (Å²) in [5.74, 6) is 0. The highest BCUT2D eigenvalue weighted by atomic mass is 16.1. The minimum atomic E-state index is 0.671. The Kier molecular flexibility index (Phi) is 8.99. The molecule has 0 aliphatic carbocycles. The van der Waals surface area contributed by atoms with Crippen LogP contribution in [0.2, 0.25) is 0 Å². The number of carbonyl (C=O) groups excluding carboxylic acids is 1. The lowest BCUT2D eigenvalue weighted by molar-refractivity contribution is -0.104. The number of unbranched alkanes of at least 4 members (excludes halogenated alkanes) is 5. The number of carbonyl (C=O) groups is 1. The lowest BCUT2D eigenvalue weighted by Gasteiger charge is -1.94. The van der Waals surface area contributed by atoms with Crippen LogP contribution in [0.5, 0.6) is 0 Å². The smallest absolute Gasteiger partial charge is 0.142 e. The molecule has 0 aromatic carbocycles. The Morgan fingerprint density at radius 2 is 1.92 bits per heavy atom. The minimum Gasteiger partial charge on any atom is -0.299 e. The van der Waals surface area contributed by atoms with Crippen LogP contribution in [0.25, 0.3) is 0 Å². The van der Waals surface area contributed by atoms with Gasteiger partial charge in [-0.3, -0.25) is 4.79 Å². The van der Waals surface area contributed by atoms with E-state index < -0.39 is 0 Å².